The van der Waals surface area contributed by atoms with Gasteiger partial charge in [-0.2, -0.15) is 0 Å². The summed E-state index contributed by atoms with van der Waals surface area (Å²) in [7, 11) is 0. The summed E-state index contributed by atoms with van der Waals surface area (Å²) in [5.41, 5.74) is 0.381. The molecule has 1 fully saturated rings. The van der Waals surface area contributed by atoms with Crippen molar-refractivity contribution in [2.45, 2.75) is 12.8 Å². The molecule has 5 heteroatoms. The summed E-state index contributed by atoms with van der Waals surface area (Å²) in [6, 6.07) is 0. The highest BCUT2D eigenvalue weighted by Crippen LogP contribution is 2.08. The van der Waals surface area contributed by atoms with Gasteiger partial charge in [0.15, 0.2) is 0 Å². The number of piperidine rings is 1. The molecule has 2 rings (SSSR count). The number of carbonyl (C=O) groups is 1. The smallest absolute Gasteiger partial charge is 0.271 e. The van der Waals surface area contributed by atoms with E-state index in [0.717, 1.165) is 13.1 Å². The van der Waals surface area contributed by atoms with E-state index in [1.807, 2.05) is 0 Å². The summed E-state index contributed by atoms with van der Waals surface area (Å²) in [4.78, 5) is 19.5. The van der Waals surface area contributed by atoms with Crippen LogP contribution < -0.4 is 10.6 Å². The Bertz CT molecular complexity index is 335. The summed E-state index contributed by atoms with van der Waals surface area (Å²) in [5, 5.41) is 6.21. The fourth-order valence-electron chi connectivity index (χ4n) is 1.84. The third-order valence-electron chi connectivity index (χ3n) is 2.75. The van der Waals surface area contributed by atoms with Crippen LogP contribution in [0.2, 0.25) is 0 Å². The second-order valence-electron chi connectivity index (χ2n) is 4.01. The van der Waals surface area contributed by atoms with Gasteiger partial charge in [0.2, 0.25) is 0 Å². The second kappa shape index (κ2) is 5.55. The van der Waals surface area contributed by atoms with E-state index >= 15 is 0 Å². The molecular formula is C11H16N4O. The molecule has 86 valence electrons. The van der Waals surface area contributed by atoms with Crippen LogP contribution in [0.4, 0.5) is 0 Å². The highest BCUT2D eigenvalue weighted by atomic mass is 16.1. The molecular weight excluding hydrogens is 204 g/mol. The van der Waals surface area contributed by atoms with Crippen molar-refractivity contribution in [3.8, 4) is 0 Å². The maximum absolute atomic E-state index is 11.7. The van der Waals surface area contributed by atoms with E-state index in [9.17, 15) is 4.79 Å². The molecule has 0 saturated carbocycles. The lowest BCUT2D eigenvalue weighted by Crippen LogP contribution is -2.38. The van der Waals surface area contributed by atoms with Gasteiger partial charge < -0.3 is 10.6 Å². The molecule has 2 N–H and O–H groups in total. The number of hydrogen-bond acceptors (Lipinski definition) is 4. The van der Waals surface area contributed by atoms with Gasteiger partial charge in [-0.15, -0.1) is 0 Å². The standard InChI is InChI=1S/C11H16N4O/c16-11(10-8-13-4-5-14-10)15-7-9-2-1-3-12-6-9/h4-5,8-9,12H,1-3,6-7H2,(H,15,16)/t9-/m1/s1. The van der Waals surface area contributed by atoms with Gasteiger partial charge in [0.05, 0.1) is 6.20 Å². The Morgan fingerprint density at radius 2 is 2.50 bits per heavy atom. The summed E-state index contributed by atoms with van der Waals surface area (Å²) in [6.07, 6.45) is 6.92. The third-order valence-corrected chi connectivity index (χ3v) is 2.75. The summed E-state index contributed by atoms with van der Waals surface area (Å²) in [5.74, 6) is 0.396. The van der Waals surface area contributed by atoms with E-state index in [-0.39, 0.29) is 5.91 Å². The predicted molar refractivity (Wildman–Crippen MR) is 60.0 cm³/mol. The highest BCUT2D eigenvalue weighted by molar-refractivity contribution is 5.91. The minimum Gasteiger partial charge on any atom is -0.350 e. The minimum absolute atomic E-state index is 0.140. The number of nitrogens with one attached hydrogen (secondary N) is 2. The van der Waals surface area contributed by atoms with Crippen molar-refractivity contribution in [1.29, 1.82) is 0 Å². The minimum atomic E-state index is -0.140. The lowest BCUT2D eigenvalue weighted by Gasteiger charge is -2.22. The van der Waals surface area contributed by atoms with Gasteiger partial charge in [-0.3, -0.25) is 9.78 Å². The van der Waals surface area contributed by atoms with E-state index < -0.39 is 0 Å². The number of amides is 1. The Hall–Kier alpha value is -1.49. The molecule has 0 aromatic carbocycles. The number of carbonyl (C=O) groups excluding carboxylic acids is 1. The first kappa shape index (κ1) is 11.0. The third kappa shape index (κ3) is 3.00. The quantitative estimate of drug-likeness (QED) is 0.764. The molecule has 1 aliphatic heterocycles. The van der Waals surface area contributed by atoms with Crippen LogP contribution in [0.15, 0.2) is 18.6 Å². The fraction of sp³-hybridized carbons (Fsp3) is 0.545. The number of nitrogens with zero attached hydrogens (tertiary/aromatic N) is 2. The Kier molecular flexibility index (Phi) is 3.82. The molecule has 0 aliphatic carbocycles. The van der Waals surface area contributed by atoms with Gasteiger partial charge in [-0.1, -0.05) is 0 Å². The molecule has 1 amide bonds. The average molecular weight is 220 g/mol. The van der Waals surface area contributed by atoms with Crippen molar-refractivity contribution >= 4 is 5.91 Å². The molecule has 5 nitrogen and oxygen atoms in total. The van der Waals surface area contributed by atoms with Crippen molar-refractivity contribution in [2.75, 3.05) is 19.6 Å². The zero-order valence-electron chi connectivity index (χ0n) is 9.15. The molecule has 0 unspecified atom stereocenters. The molecule has 1 saturated heterocycles. The topological polar surface area (TPSA) is 66.9 Å². The first-order valence-corrected chi connectivity index (χ1v) is 5.61. The normalized spacial score (nSPS) is 20.4. The Balaban J connectivity index is 1.79. The lowest BCUT2D eigenvalue weighted by molar-refractivity contribution is 0.0939. The molecule has 0 spiro atoms. The van der Waals surface area contributed by atoms with Gasteiger partial charge in [-0.05, 0) is 31.8 Å². The summed E-state index contributed by atoms with van der Waals surface area (Å²) in [6.45, 7) is 2.79. The van der Waals surface area contributed by atoms with E-state index in [1.54, 1.807) is 6.20 Å². The van der Waals surface area contributed by atoms with Crippen LogP contribution in [0, 0.1) is 5.92 Å². The largest absolute Gasteiger partial charge is 0.350 e. The van der Waals surface area contributed by atoms with Crippen molar-refractivity contribution in [3.05, 3.63) is 24.3 Å². The Morgan fingerprint density at radius 3 is 3.19 bits per heavy atom. The van der Waals surface area contributed by atoms with Crippen molar-refractivity contribution in [3.63, 3.8) is 0 Å². The zero-order chi connectivity index (χ0) is 11.2. The molecule has 1 atom stereocenters. The maximum atomic E-state index is 11.7. The van der Waals surface area contributed by atoms with Gasteiger partial charge >= 0.3 is 0 Å². The van der Waals surface area contributed by atoms with Crippen LogP contribution in [-0.2, 0) is 0 Å². The molecule has 1 aromatic heterocycles. The van der Waals surface area contributed by atoms with E-state index in [4.69, 9.17) is 0 Å². The van der Waals surface area contributed by atoms with Crippen LogP contribution in [0.3, 0.4) is 0 Å². The van der Waals surface area contributed by atoms with Gasteiger partial charge in [-0.25, -0.2) is 4.98 Å². The van der Waals surface area contributed by atoms with Crippen LogP contribution in [-0.4, -0.2) is 35.5 Å². The molecule has 1 aliphatic rings. The average Bonchev–Trinajstić information content (AvgIpc) is 2.38. The molecule has 16 heavy (non-hydrogen) atoms. The molecule has 0 bridgehead atoms. The Morgan fingerprint density at radius 1 is 1.56 bits per heavy atom. The van der Waals surface area contributed by atoms with Gasteiger partial charge in [0.1, 0.15) is 5.69 Å². The highest BCUT2D eigenvalue weighted by Gasteiger charge is 2.14. The van der Waals surface area contributed by atoms with Crippen LogP contribution >= 0.6 is 0 Å². The van der Waals surface area contributed by atoms with Crippen molar-refractivity contribution in [2.24, 2.45) is 5.92 Å². The zero-order valence-corrected chi connectivity index (χ0v) is 9.15. The van der Waals surface area contributed by atoms with E-state index in [2.05, 4.69) is 20.6 Å². The predicted octanol–water partition coefficient (Wildman–Crippen LogP) is 0.206. The van der Waals surface area contributed by atoms with Crippen molar-refractivity contribution in [1.82, 2.24) is 20.6 Å². The lowest BCUT2D eigenvalue weighted by atomic mass is 10.00. The molecule has 2 heterocycles. The molecule has 0 radical (unpaired) electrons. The SMILES string of the molecule is O=C(NC[C@@H]1CCCNC1)c1cnccn1. The number of hydrogen-bond donors (Lipinski definition) is 2. The fourth-order valence-corrected chi connectivity index (χ4v) is 1.84. The number of aromatic nitrogens is 2. The van der Waals surface area contributed by atoms with Crippen LogP contribution in [0.5, 0.6) is 0 Å². The van der Waals surface area contributed by atoms with E-state index in [1.165, 1.54) is 25.2 Å². The van der Waals surface area contributed by atoms with Crippen LogP contribution in [0.25, 0.3) is 0 Å². The monoisotopic (exact) mass is 220 g/mol. The summed E-state index contributed by atoms with van der Waals surface area (Å²) >= 11 is 0. The first-order chi connectivity index (χ1) is 7.86. The van der Waals surface area contributed by atoms with Gasteiger partial charge in [0, 0.05) is 18.9 Å². The van der Waals surface area contributed by atoms with Crippen molar-refractivity contribution < 1.29 is 4.79 Å². The maximum Gasteiger partial charge on any atom is 0.271 e. The van der Waals surface area contributed by atoms with Gasteiger partial charge in [0.25, 0.3) is 5.91 Å². The van der Waals surface area contributed by atoms with Crippen LogP contribution in [0.1, 0.15) is 23.3 Å². The molecule has 1 aromatic rings. The second-order valence-corrected chi connectivity index (χ2v) is 4.01. The van der Waals surface area contributed by atoms with E-state index in [0.29, 0.717) is 18.2 Å². The summed E-state index contributed by atoms with van der Waals surface area (Å²) < 4.78 is 0. The Labute approximate surface area is 94.7 Å². The number of rotatable bonds is 3. The first-order valence-electron chi connectivity index (χ1n) is 5.61.